The van der Waals surface area contributed by atoms with Gasteiger partial charge >= 0.3 is 0 Å². The zero-order valence-electron chi connectivity index (χ0n) is 13.0. The zero-order valence-corrected chi connectivity index (χ0v) is 13.0. The number of ether oxygens (including phenoxy) is 1. The lowest BCUT2D eigenvalue weighted by atomic mass is 10.1. The zero-order chi connectivity index (χ0) is 15.5. The molecule has 0 aliphatic rings. The topological polar surface area (TPSA) is 52.5 Å². The molecular formula is C18H21N3O. The highest BCUT2D eigenvalue weighted by Crippen LogP contribution is 2.33. The fourth-order valence-electron chi connectivity index (χ4n) is 2.79. The molecule has 0 aliphatic carbocycles. The van der Waals surface area contributed by atoms with Gasteiger partial charge in [0.1, 0.15) is 11.4 Å². The summed E-state index contributed by atoms with van der Waals surface area (Å²) in [6.07, 6.45) is 2.83. The number of aryl methyl sites for hydroxylation is 1. The highest BCUT2D eigenvalue weighted by Gasteiger charge is 2.17. The number of pyridine rings is 1. The van der Waals surface area contributed by atoms with Crippen LogP contribution < -0.4 is 10.5 Å². The van der Waals surface area contributed by atoms with Crippen LogP contribution >= 0.6 is 0 Å². The Kier molecular flexibility index (Phi) is 4.11. The second kappa shape index (κ2) is 6.20. The Morgan fingerprint density at radius 2 is 2.00 bits per heavy atom. The van der Waals surface area contributed by atoms with Crippen LogP contribution in [0.1, 0.15) is 18.2 Å². The largest absolute Gasteiger partial charge is 0.493 e. The summed E-state index contributed by atoms with van der Waals surface area (Å²) in [5.41, 5.74) is 11.1. The molecule has 0 saturated heterocycles. The molecule has 0 unspecified atom stereocenters. The van der Waals surface area contributed by atoms with E-state index in [1.165, 1.54) is 0 Å². The molecule has 4 nitrogen and oxygen atoms in total. The SMILES string of the molecule is CCOc1ccccc1-c1nc2c(C)cccn2c1CCN. The number of hydrogen-bond donors (Lipinski definition) is 1. The number of fused-ring (bicyclic) bond motifs is 1. The van der Waals surface area contributed by atoms with Crippen LogP contribution in [-0.4, -0.2) is 22.5 Å². The van der Waals surface area contributed by atoms with Crippen molar-refractivity contribution in [3.8, 4) is 17.0 Å². The van der Waals surface area contributed by atoms with Crippen LogP contribution in [0.15, 0.2) is 42.6 Å². The lowest BCUT2D eigenvalue weighted by Gasteiger charge is -2.10. The Balaban J connectivity index is 2.26. The van der Waals surface area contributed by atoms with E-state index in [9.17, 15) is 0 Å². The first-order chi connectivity index (χ1) is 10.8. The molecule has 0 atom stereocenters. The van der Waals surface area contributed by atoms with Crippen molar-refractivity contribution in [2.75, 3.05) is 13.2 Å². The first kappa shape index (κ1) is 14.6. The number of nitrogens with zero attached hydrogens (tertiary/aromatic N) is 2. The Bertz CT molecular complexity index is 792. The van der Waals surface area contributed by atoms with E-state index in [1.807, 2.05) is 37.4 Å². The van der Waals surface area contributed by atoms with Gasteiger partial charge in [0.25, 0.3) is 0 Å². The normalized spacial score (nSPS) is 11.0. The minimum Gasteiger partial charge on any atom is -0.493 e. The number of nitrogens with two attached hydrogens (primary N) is 1. The van der Waals surface area contributed by atoms with Crippen molar-refractivity contribution in [2.24, 2.45) is 5.73 Å². The summed E-state index contributed by atoms with van der Waals surface area (Å²) in [6, 6.07) is 12.2. The van der Waals surface area contributed by atoms with Crippen molar-refractivity contribution >= 4 is 5.65 Å². The average molecular weight is 295 g/mol. The van der Waals surface area contributed by atoms with Crippen molar-refractivity contribution in [1.82, 2.24) is 9.38 Å². The maximum Gasteiger partial charge on any atom is 0.140 e. The van der Waals surface area contributed by atoms with Crippen LogP contribution in [-0.2, 0) is 6.42 Å². The average Bonchev–Trinajstić information content (AvgIpc) is 2.89. The van der Waals surface area contributed by atoms with E-state index in [1.54, 1.807) is 0 Å². The summed E-state index contributed by atoms with van der Waals surface area (Å²) in [7, 11) is 0. The third kappa shape index (κ3) is 2.46. The molecule has 0 bridgehead atoms. The second-order valence-corrected chi connectivity index (χ2v) is 5.26. The summed E-state index contributed by atoms with van der Waals surface area (Å²) in [5.74, 6) is 0.865. The standard InChI is InChI=1S/C18H21N3O/c1-3-22-16-9-5-4-8-14(16)17-15(10-11-19)21-12-6-7-13(2)18(21)20-17/h4-9,12H,3,10-11,19H2,1-2H3. The maximum atomic E-state index is 5.82. The van der Waals surface area contributed by atoms with Gasteiger partial charge in [-0.25, -0.2) is 4.98 Å². The monoisotopic (exact) mass is 295 g/mol. The molecule has 0 radical (unpaired) electrons. The molecule has 0 aliphatic heterocycles. The summed E-state index contributed by atoms with van der Waals surface area (Å²) < 4.78 is 7.91. The number of hydrogen-bond acceptors (Lipinski definition) is 3. The Labute approximate surface area is 130 Å². The first-order valence-electron chi connectivity index (χ1n) is 7.65. The third-order valence-electron chi connectivity index (χ3n) is 3.77. The molecule has 0 fully saturated rings. The summed E-state index contributed by atoms with van der Waals surface area (Å²) in [6.45, 7) is 5.29. The van der Waals surface area contributed by atoms with Gasteiger partial charge in [-0.3, -0.25) is 0 Å². The summed E-state index contributed by atoms with van der Waals surface area (Å²) >= 11 is 0. The van der Waals surface area contributed by atoms with Crippen LogP contribution in [0.4, 0.5) is 0 Å². The molecule has 4 heteroatoms. The van der Waals surface area contributed by atoms with Crippen molar-refractivity contribution in [3.63, 3.8) is 0 Å². The fraction of sp³-hybridized carbons (Fsp3) is 0.278. The van der Waals surface area contributed by atoms with E-state index in [2.05, 4.69) is 23.5 Å². The van der Waals surface area contributed by atoms with E-state index in [0.717, 1.165) is 40.3 Å². The lowest BCUT2D eigenvalue weighted by molar-refractivity contribution is 0.341. The third-order valence-corrected chi connectivity index (χ3v) is 3.77. The molecule has 1 aromatic carbocycles. The van der Waals surface area contributed by atoms with Crippen molar-refractivity contribution in [2.45, 2.75) is 20.3 Å². The number of aromatic nitrogens is 2. The van der Waals surface area contributed by atoms with E-state index in [-0.39, 0.29) is 0 Å². The predicted molar refractivity (Wildman–Crippen MR) is 89.3 cm³/mol. The number of para-hydroxylation sites is 1. The fourth-order valence-corrected chi connectivity index (χ4v) is 2.79. The van der Waals surface area contributed by atoms with Crippen LogP contribution in [0.25, 0.3) is 16.9 Å². The smallest absolute Gasteiger partial charge is 0.140 e. The second-order valence-electron chi connectivity index (χ2n) is 5.26. The highest BCUT2D eigenvalue weighted by atomic mass is 16.5. The quantitative estimate of drug-likeness (QED) is 0.786. The minimum absolute atomic E-state index is 0.589. The maximum absolute atomic E-state index is 5.82. The van der Waals surface area contributed by atoms with Crippen molar-refractivity contribution < 1.29 is 4.74 Å². The Morgan fingerprint density at radius 1 is 1.18 bits per heavy atom. The van der Waals surface area contributed by atoms with Gasteiger partial charge in [0.15, 0.2) is 0 Å². The molecule has 22 heavy (non-hydrogen) atoms. The molecule has 0 spiro atoms. The Hall–Kier alpha value is -2.33. The first-order valence-corrected chi connectivity index (χ1v) is 7.65. The molecule has 0 amide bonds. The van der Waals surface area contributed by atoms with Gasteiger partial charge in [-0.15, -0.1) is 0 Å². The Morgan fingerprint density at radius 3 is 2.77 bits per heavy atom. The number of rotatable bonds is 5. The predicted octanol–water partition coefficient (Wildman–Crippen LogP) is 3.21. The van der Waals surface area contributed by atoms with E-state index in [0.29, 0.717) is 13.2 Å². The van der Waals surface area contributed by atoms with Gasteiger partial charge in [-0.2, -0.15) is 0 Å². The van der Waals surface area contributed by atoms with Gasteiger partial charge in [0.05, 0.1) is 18.0 Å². The van der Waals surface area contributed by atoms with Crippen molar-refractivity contribution in [3.05, 3.63) is 53.9 Å². The van der Waals surface area contributed by atoms with E-state index >= 15 is 0 Å². The van der Waals surface area contributed by atoms with Crippen LogP contribution in [0.3, 0.4) is 0 Å². The molecule has 3 rings (SSSR count). The van der Waals surface area contributed by atoms with E-state index in [4.69, 9.17) is 15.5 Å². The molecule has 2 N–H and O–H groups in total. The number of benzene rings is 1. The molecule has 114 valence electrons. The minimum atomic E-state index is 0.589. The highest BCUT2D eigenvalue weighted by molar-refractivity contribution is 5.73. The van der Waals surface area contributed by atoms with Crippen molar-refractivity contribution in [1.29, 1.82) is 0 Å². The lowest BCUT2D eigenvalue weighted by Crippen LogP contribution is -2.06. The van der Waals surface area contributed by atoms with Gasteiger partial charge in [0.2, 0.25) is 0 Å². The number of imidazole rings is 1. The van der Waals surface area contributed by atoms with Crippen LogP contribution in [0.5, 0.6) is 5.75 Å². The van der Waals surface area contributed by atoms with Crippen LogP contribution in [0.2, 0.25) is 0 Å². The van der Waals surface area contributed by atoms with Gasteiger partial charge in [0, 0.05) is 18.2 Å². The summed E-state index contributed by atoms with van der Waals surface area (Å²) in [5, 5.41) is 0. The van der Waals surface area contributed by atoms with Crippen LogP contribution in [0, 0.1) is 6.92 Å². The van der Waals surface area contributed by atoms with E-state index < -0.39 is 0 Å². The molecule has 0 saturated carbocycles. The van der Waals surface area contributed by atoms with Gasteiger partial charge in [-0.1, -0.05) is 18.2 Å². The molecule has 2 heterocycles. The van der Waals surface area contributed by atoms with Gasteiger partial charge < -0.3 is 14.9 Å². The molecular weight excluding hydrogens is 274 g/mol. The molecule has 3 aromatic rings. The van der Waals surface area contributed by atoms with Gasteiger partial charge in [-0.05, 0) is 44.2 Å². The summed E-state index contributed by atoms with van der Waals surface area (Å²) in [4.78, 5) is 4.87. The molecule has 2 aromatic heterocycles.